The van der Waals surface area contributed by atoms with Gasteiger partial charge < -0.3 is 9.13 Å². The zero-order valence-electron chi connectivity index (χ0n) is 40.5. The van der Waals surface area contributed by atoms with E-state index in [1.807, 2.05) is 16.8 Å². The zero-order valence-corrected chi connectivity index (χ0v) is 42.8. The summed E-state index contributed by atoms with van der Waals surface area (Å²) in [4.78, 5) is 5.27. The Morgan fingerprint density at radius 3 is 1.19 bits per heavy atom. The predicted molar refractivity (Wildman–Crippen MR) is 277 cm³/mol. The van der Waals surface area contributed by atoms with E-state index in [2.05, 4.69) is 242 Å². The third-order valence-electron chi connectivity index (χ3n) is 15.6. The van der Waals surface area contributed by atoms with Crippen molar-refractivity contribution < 1.29 is 25.6 Å². The number of pyridine rings is 1. The molecule has 0 radical (unpaired) electrons. The Balaban J connectivity index is 0.00000505. The van der Waals surface area contributed by atoms with E-state index < -0.39 is 16.4 Å². The number of hydrogen-bond acceptors (Lipinski definition) is 1. The summed E-state index contributed by atoms with van der Waals surface area (Å²) in [5.41, 5.74) is 25.0. The largest absolute Gasteiger partial charge is 0.354 e. The molecule has 70 heavy (non-hydrogen) atoms. The summed E-state index contributed by atoms with van der Waals surface area (Å²) in [7, 11) is 2.06. The van der Waals surface area contributed by atoms with Crippen LogP contribution in [0.2, 0.25) is 0 Å². The molecule has 342 valence electrons. The molecule has 0 aliphatic heterocycles. The minimum absolute atomic E-state index is 0. The Kier molecular flexibility index (Phi) is 10.0. The van der Waals surface area contributed by atoms with Crippen molar-refractivity contribution in [2.45, 2.75) is 57.9 Å². The summed E-state index contributed by atoms with van der Waals surface area (Å²) in [6, 6.07) is 70.7. The van der Waals surface area contributed by atoms with E-state index in [-0.39, 0.29) is 21.1 Å². The monoisotopic (exact) mass is 1080 g/mol. The number of hydrogen-bond donors (Lipinski definition) is 0. The molecule has 13 rings (SSSR count). The van der Waals surface area contributed by atoms with Crippen molar-refractivity contribution in [2.75, 3.05) is 0 Å². The van der Waals surface area contributed by atoms with Crippen molar-refractivity contribution in [3.8, 4) is 33.4 Å². The molecule has 0 N–H and O–H groups in total. The maximum absolute atomic E-state index is 5.27. The Bertz CT molecular complexity index is 3630. The molecule has 3 aliphatic carbocycles. The average molecular weight is 1080 g/mol. The quantitative estimate of drug-likeness (QED) is 0.120. The number of benzene rings is 8. The molecule has 3 aliphatic rings. The summed E-state index contributed by atoms with van der Waals surface area (Å²) < 4.78 is 4.33. The smallest absolute Gasteiger partial charge is 0.204 e. The van der Waals surface area contributed by atoms with Crippen molar-refractivity contribution >= 4 is 0 Å². The van der Waals surface area contributed by atoms with Crippen molar-refractivity contribution in [3.63, 3.8) is 0 Å². The van der Waals surface area contributed by atoms with E-state index >= 15 is 0 Å². The summed E-state index contributed by atoms with van der Waals surface area (Å²) in [5, 5.41) is 0. The summed E-state index contributed by atoms with van der Waals surface area (Å²) in [6.07, 6.45) is 9.97. The molecular weight excluding hydrogens is 1030 g/mol. The molecular formula is C66H51N3Pt-2. The fourth-order valence-electron chi connectivity index (χ4n) is 12.7. The molecule has 10 aromatic rings. The third-order valence-corrected chi connectivity index (χ3v) is 15.6. The Hall–Kier alpha value is -7.19. The first-order valence-electron chi connectivity index (χ1n) is 24.2. The summed E-state index contributed by atoms with van der Waals surface area (Å²) >= 11 is 0. The predicted octanol–water partition coefficient (Wildman–Crippen LogP) is 13.5. The van der Waals surface area contributed by atoms with Gasteiger partial charge in [0.15, 0.2) is 0 Å². The van der Waals surface area contributed by atoms with E-state index in [9.17, 15) is 0 Å². The molecule has 0 fully saturated rings. The summed E-state index contributed by atoms with van der Waals surface area (Å²) in [5.74, 6) is 0. The molecule has 3 nitrogen and oxygen atoms in total. The first kappa shape index (κ1) is 44.0. The fraction of sp³-hybridized carbons (Fsp3) is 0.152. The van der Waals surface area contributed by atoms with Gasteiger partial charge in [-0.1, -0.05) is 149 Å². The number of aryl methyl sites for hydroxylation is 7. The Labute approximate surface area is 426 Å². The van der Waals surface area contributed by atoms with Gasteiger partial charge in [-0.3, -0.25) is 4.98 Å². The van der Waals surface area contributed by atoms with Gasteiger partial charge in [0.1, 0.15) is 5.54 Å². The minimum atomic E-state index is -0.820. The van der Waals surface area contributed by atoms with Gasteiger partial charge in [0.05, 0.1) is 18.2 Å². The standard InChI is InChI=1S/C66H51N3.Pt/c1-41-17-23-51-52-24-18-42(2)33-58(52)64(57(51)32-41,47-12-10-14-49(38-47)65(63-16-8-9-29-67-63)59-34-43(3)19-25-53(59)54-26-20-44(4)35-60(54)65)48-13-11-15-50(39-48)66(69-31-30-68(7)40-69)61-36-45(5)21-27-55(61)56-28-22-46(6)37-62(56)66;/h8-37H,1-7H3;/q-2;. The molecule has 2 heterocycles. The van der Waals surface area contributed by atoms with Crippen LogP contribution in [0, 0.1) is 60.0 Å². The van der Waals surface area contributed by atoms with Crippen molar-refractivity contribution in [1.82, 2.24) is 9.55 Å². The summed E-state index contributed by atoms with van der Waals surface area (Å²) in [6.45, 7) is 13.3. The third kappa shape index (κ3) is 5.91. The van der Waals surface area contributed by atoms with Crippen LogP contribution in [0.25, 0.3) is 33.4 Å². The van der Waals surface area contributed by atoms with E-state index in [0.717, 1.165) is 27.9 Å². The van der Waals surface area contributed by atoms with Crippen LogP contribution in [0.4, 0.5) is 0 Å². The van der Waals surface area contributed by atoms with Crippen LogP contribution in [-0.4, -0.2) is 9.55 Å². The van der Waals surface area contributed by atoms with Crippen LogP contribution in [0.1, 0.15) is 94.7 Å². The fourth-order valence-corrected chi connectivity index (χ4v) is 12.7. The Morgan fingerprint density at radius 2 is 0.786 bits per heavy atom. The zero-order chi connectivity index (χ0) is 47.0. The maximum Gasteiger partial charge on any atom is 0.204 e. The number of imidazole rings is 1. The van der Waals surface area contributed by atoms with Crippen molar-refractivity contribution in [1.29, 1.82) is 0 Å². The van der Waals surface area contributed by atoms with Gasteiger partial charge in [0, 0.05) is 43.8 Å². The van der Waals surface area contributed by atoms with Gasteiger partial charge in [0.2, 0.25) is 6.33 Å². The van der Waals surface area contributed by atoms with Crippen molar-refractivity contribution in [3.05, 3.63) is 296 Å². The first-order chi connectivity index (χ1) is 33.5. The number of aromatic nitrogens is 3. The van der Waals surface area contributed by atoms with Crippen LogP contribution in [0.5, 0.6) is 0 Å². The van der Waals surface area contributed by atoms with E-state index in [0.29, 0.717) is 0 Å². The molecule has 0 unspecified atom stereocenters. The van der Waals surface area contributed by atoms with E-state index in [1.54, 1.807) is 0 Å². The molecule has 0 atom stereocenters. The SMILES string of the molecule is Cc1ccc2c(c1)C(c1[c-]c(C3(c4ccccn4)c4cc(C)ccc4-c4ccc(C)cc43)ccc1)(c1[c-]c(C3(n4[c-][n+](C)cc4)c4cc(C)ccc4-c4ccc(C)cc43)ccc1)c1cc(C)ccc1-2.[Pt]. The van der Waals surface area contributed by atoms with Crippen LogP contribution in [0.15, 0.2) is 182 Å². The first-order valence-corrected chi connectivity index (χ1v) is 24.2. The normalized spacial score (nSPS) is 14.7. The van der Waals surface area contributed by atoms with Gasteiger partial charge in [-0.2, -0.15) is 48.5 Å². The van der Waals surface area contributed by atoms with Gasteiger partial charge in [-0.25, -0.2) is 0 Å². The molecule has 0 saturated heterocycles. The molecule has 0 saturated carbocycles. The number of fused-ring (bicyclic) bond motifs is 9. The molecule has 0 amide bonds. The second-order valence-electron chi connectivity index (χ2n) is 20.1. The van der Waals surface area contributed by atoms with Crippen LogP contribution >= 0.6 is 0 Å². The van der Waals surface area contributed by atoms with Gasteiger partial charge in [-0.05, 0) is 122 Å². The molecule has 4 heteroatoms. The van der Waals surface area contributed by atoms with Gasteiger partial charge >= 0.3 is 0 Å². The average Bonchev–Trinajstić information content (AvgIpc) is 4.07. The van der Waals surface area contributed by atoms with Crippen LogP contribution < -0.4 is 4.57 Å². The second kappa shape index (κ2) is 15.9. The molecule has 0 spiro atoms. The second-order valence-corrected chi connectivity index (χ2v) is 20.1. The van der Waals surface area contributed by atoms with Crippen molar-refractivity contribution in [2.24, 2.45) is 7.05 Å². The number of rotatable bonds is 6. The van der Waals surface area contributed by atoms with Crippen LogP contribution in [-0.2, 0) is 44.5 Å². The van der Waals surface area contributed by atoms with Crippen LogP contribution in [0.3, 0.4) is 0 Å². The van der Waals surface area contributed by atoms with Gasteiger partial charge in [-0.15, -0.1) is 22.3 Å². The maximum atomic E-state index is 5.27. The minimum Gasteiger partial charge on any atom is -0.354 e. The molecule has 2 aromatic heterocycles. The van der Waals surface area contributed by atoms with E-state index in [4.69, 9.17) is 4.98 Å². The topological polar surface area (TPSA) is 21.7 Å². The van der Waals surface area contributed by atoms with E-state index in [1.165, 1.54) is 100 Å². The Morgan fingerprint density at radius 1 is 0.414 bits per heavy atom. The molecule has 8 aromatic carbocycles. The molecule has 0 bridgehead atoms. The van der Waals surface area contributed by atoms with Gasteiger partial charge in [0.25, 0.3) is 0 Å². The number of nitrogens with zero attached hydrogens (tertiary/aromatic N) is 3.